The molecule has 0 spiro atoms. The van der Waals surface area contributed by atoms with E-state index >= 15 is 0 Å². The van der Waals surface area contributed by atoms with Crippen LogP contribution < -0.4 is 10.5 Å². The van der Waals surface area contributed by atoms with E-state index in [2.05, 4.69) is 19.9 Å². The number of aromatic amines is 1. The van der Waals surface area contributed by atoms with Crippen molar-refractivity contribution in [3.8, 4) is 17.0 Å². The summed E-state index contributed by atoms with van der Waals surface area (Å²) in [6.45, 7) is 0. The molecule has 1 aromatic carbocycles. The Morgan fingerprint density at radius 1 is 1.19 bits per heavy atom. The third kappa shape index (κ3) is 4.80. The number of unbranched alkanes of at least 4 members (excludes halogenated alkanes) is 2. The number of carbonyl (C=O) groups excluding carboxylic acids is 1. The normalized spacial score (nSPS) is 12.2. The van der Waals surface area contributed by atoms with Crippen molar-refractivity contribution in [1.29, 1.82) is 0 Å². The third-order valence-corrected chi connectivity index (χ3v) is 5.25. The molecule has 0 fully saturated rings. The van der Waals surface area contributed by atoms with Gasteiger partial charge in [0.15, 0.2) is 0 Å². The molecule has 1 atom stereocenters. The summed E-state index contributed by atoms with van der Waals surface area (Å²) in [5, 5.41) is 1.03. The zero-order chi connectivity index (χ0) is 21.6. The van der Waals surface area contributed by atoms with Crippen molar-refractivity contribution in [2.45, 2.75) is 38.1 Å². The Hall–Kier alpha value is -3.52. The van der Waals surface area contributed by atoms with E-state index in [0.717, 1.165) is 59.4 Å². The van der Waals surface area contributed by atoms with Gasteiger partial charge in [-0.1, -0.05) is 18.9 Å². The number of Topliss-reactive ketones (excluding diaryl/α,β-unsaturated/α-hetero) is 1. The smallest absolute Gasteiger partial charge is 0.263 e. The first-order chi connectivity index (χ1) is 15.2. The molecule has 0 amide bonds. The summed E-state index contributed by atoms with van der Waals surface area (Å²) in [6.07, 6.45) is 10.2. The van der Waals surface area contributed by atoms with Crippen LogP contribution >= 0.6 is 0 Å². The molecule has 0 radical (unpaired) electrons. The standard InChI is InChI=1S/C23H25N5O3/c1-30-21-13-18-15(6-5-9-25-18)12-16(21)19-14-27-22(28-19)17(24)7-3-2-4-8-20(29)23-26-10-11-31-23/h5-6,9-14,17H,2-4,7-8,24H2,1H3,(H,27,28). The van der Waals surface area contributed by atoms with Gasteiger partial charge in [0.05, 0.1) is 36.8 Å². The molecule has 3 aromatic heterocycles. The molecule has 8 heteroatoms. The number of aromatic nitrogens is 4. The number of ketones is 1. The first-order valence-electron chi connectivity index (χ1n) is 10.3. The van der Waals surface area contributed by atoms with E-state index in [-0.39, 0.29) is 17.7 Å². The lowest BCUT2D eigenvalue weighted by molar-refractivity contribution is 0.0945. The van der Waals surface area contributed by atoms with Crippen LogP contribution in [0.4, 0.5) is 0 Å². The molecule has 0 aliphatic carbocycles. The molecule has 4 rings (SSSR count). The molecule has 8 nitrogen and oxygen atoms in total. The SMILES string of the molecule is COc1cc2ncccc2cc1-c1cnc(C(N)CCCCCC(=O)c2ncco2)[nH]1. The number of hydrogen-bond donors (Lipinski definition) is 2. The van der Waals surface area contributed by atoms with Gasteiger partial charge in [-0.2, -0.15) is 0 Å². The number of pyridine rings is 1. The maximum atomic E-state index is 11.9. The highest BCUT2D eigenvalue weighted by Crippen LogP contribution is 2.33. The van der Waals surface area contributed by atoms with Crippen molar-refractivity contribution in [3.63, 3.8) is 0 Å². The van der Waals surface area contributed by atoms with Crippen LogP contribution in [0.5, 0.6) is 5.75 Å². The van der Waals surface area contributed by atoms with Crippen LogP contribution in [-0.4, -0.2) is 32.8 Å². The molecule has 31 heavy (non-hydrogen) atoms. The van der Waals surface area contributed by atoms with E-state index in [9.17, 15) is 4.79 Å². The minimum absolute atomic E-state index is 0.0653. The summed E-state index contributed by atoms with van der Waals surface area (Å²) in [5.41, 5.74) is 8.98. The average Bonchev–Trinajstić information content (AvgIpc) is 3.50. The van der Waals surface area contributed by atoms with Gasteiger partial charge in [-0.3, -0.25) is 9.78 Å². The third-order valence-electron chi connectivity index (χ3n) is 5.25. The van der Waals surface area contributed by atoms with Crippen molar-refractivity contribution in [3.05, 3.63) is 60.8 Å². The van der Waals surface area contributed by atoms with Crippen molar-refractivity contribution >= 4 is 16.7 Å². The summed E-state index contributed by atoms with van der Waals surface area (Å²) in [6, 6.07) is 7.68. The number of carbonyl (C=O) groups is 1. The molecule has 0 aliphatic rings. The van der Waals surface area contributed by atoms with Crippen LogP contribution in [0.2, 0.25) is 0 Å². The van der Waals surface area contributed by atoms with E-state index in [0.29, 0.717) is 6.42 Å². The number of nitrogens with two attached hydrogens (primary N) is 1. The first-order valence-corrected chi connectivity index (χ1v) is 10.3. The number of hydrogen-bond acceptors (Lipinski definition) is 7. The van der Waals surface area contributed by atoms with Gasteiger partial charge in [0.25, 0.3) is 5.89 Å². The Morgan fingerprint density at radius 3 is 2.90 bits per heavy atom. The molecule has 0 bridgehead atoms. The first kappa shape index (κ1) is 20.7. The molecular weight excluding hydrogens is 394 g/mol. The highest BCUT2D eigenvalue weighted by Gasteiger charge is 2.15. The maximum absolute atomic E-state index is 11.9. The Balaban J connectivity index is 1.34. The summed E-state index contributed by atoms with van der Waals surface area (Å²) in [5.74, 6) is 1.58. The fourth-order valence-corrected chi connectivity index (χ4v) is 3.57. The molecule has 160 valence electrons. The summed E-state index contributed by atoms with van der Waals surface area (Å²) >= 11 is 0. The summed E-state index contributed by atoms with van der Waals surface area (Å²) in [7, 11) is 1.64. The molecule has 3 N–H and O–H groups in total. The number of nitrogens with one attached hydrogen (secondary N) is 1. The van der Waals surface area contributed by atoms with Gasteiger partial charge in [-0.15, -0.1) is 0 Å². The predicted octanol–water partition coefficient (Wildman–Crippen LogP) is 4.45. The number of benzene rings is 1. The fraction of sp³-hybridized carbons (Fsp3) is 0.304. The summed E-state index contributed by atoms with van der Waals surface area (Å²) < 4.78 is 10.6. The monoisotopic (exact) mass is 419 g/mol. The Labute approximate surface area is 179 Å². The summed E-state index contributed by atoms with van der Waals surface area (Å²) in [4.78, 5) is 28.0. The van der Waals surface area contributed by atoms with E-state index in [4.69, 9.17) is 14.9 Å². The fourth-order valence-electron chi connectivity index (χ4n) is 3.57. The van der Waals surface area contributed by atoms with Gasteiger partial charge in [0.2, 0.25) is 5.78 Å². The Bertz CT molecular complexity index is 1150. The topological polar surface area (TPSA) is 120 Å². The van der Waals surface area contributed by atoms with E-state index in [1.807, 2.05) is 24.3 Å². The second-order valence-electron chi connectivity index (χ2n) is 7.40. The number of nitrogens with zero attached hydrogens (tertiary/aromatic N) is 3. The van der Waals surface area contributed by atoms with Crippen molar-refractivity contribution < 1.29 is 13.9 Å². The number of fused-ring (bicyclic) bond motifs is 1. The van der Waals surface area contributed by atoms with Crippen molar-refractivity contribution in [1.82, 2.24) is 19.9 Å². The molecule has 1 unspecified atom stereocenters. The predicted molar refractivity (Wildman–Crippen MR) is 117 cm³/mol. The number of ether oxygens (including phenoxy) is 1. The highest BCUT2D eigenvalue weighted by atomic mass is 16.5. The minimum Gasteiger partial charge on any atom is -0.496 e. The van der Waals surface area contributed by atoms with Gasteiger partial charge in [0.1, 0.15) is 17.8 Å². The van der Waals surface area contributed by atoms with Crippen LogP contribution in [0.1, 0.15) is 54.7 Å². The van der Waals surface area contributed by atoms with Crippen LogP contribution in [-0.2, 0) is 0 Å². The largest absolute Gasteiger partial charge is 0.496 e. The van der Waals surface area contributed by atoms with Crippen molar-refractivity contribution in [2.75, 3.05) is 7.11 Å². The average molecular weight is 419 g/mol. The van der Waals surface area contributed by atoms with E-state index < -0.39 is 0 Å². The Morgan fingerprint density at radius 2 is 2.10 bits per heavy atom. The lowest BCUT2D eigenvalue weighted by atomic mass is 10.1. The van der Waals surface area contributed by atoms with Gasteiger partial charge in [0, 0.05) is 29.6 Å². The quantitative estimate of drug-likeness (QED) is 0.288. The zero-order valence-corrected chi connectivity index (χ0v) is 17.4. The van der Waals surface area contributed by atoms with Crippen LogP contribution in [0.3, 0.4) is 0 Å². The molecule has 3 heterocycles. The molecule has 0 saturated carbocycles. The molecular formula is C23H25N5O3. The number of rotatable bonds is 10. The zero-order valence-electron chi connectivity index (χ0n) is 17.4. The number of imidazole rings is 1. The number of H-pyrrole nitrogens is 1. The van der Waals surface area contributed by atoms with Gasteiger partial charge < -0.3 is 19.9 Å². The molecule has 4 aromatic rings. The minimum atomic E-state index is -0.204. The Kier molecular flexibility index (Phi) is 6.37. The maximum Gasteiger partial charge on any atom is 0.263 e. The van der Waals surface area contributed by atoms with E-state index in [1.54, 1.807) is 19.5 Å². The lowest BCUT2D eigenvalue weighted by Gasteiger charge is -2.10. The van der Waals surface area contributed by atoms with Gasteiger partial charge >= 0.3 is 0 Å². The second-order valence-corrected chi connectivity index (χ2v) is 7.40. The number of methoxy groups -OCH3 is 1. The van der Waals surface area contributed by atoms with Crippen LogP contribution in [0.15, 0.2) is 53.5 Å². The van der Waals surface area contributed by atoms with Crippen LogP contribution in [0, 0.1) is 0 Å². The lowest BCUT2D eigenvalue weighted by Crippen LogP contribution is -2.12. The van der Waals surface area contributed by atoms with Gasteiger partial charge in [-0.05, 0) is 25.0 Å². The van der Waals surface area contributed by atoms with E-state index in [1.165, 1.54) is 12.5 Å². The van der Waals surface area contributed by atoms with Crippen molar-refractivity contribution in [2.24, 2.45) is 5.73 Å². The van der Waals surface area contributed by atoms with Gasteiger partial charge in [-0.25, -0.2) is 9.97 Å². The second kappa shape index (κ2) is 9.53. The highest BCUT2D eigenvalue weighted by molar-refractivity contribution is 5.91. The molecule has 0 aliphatic heterocycles. The molecule has 0 saturated heterocycles. The number of oxazole rings is 1. The van der Waals surface area contributed by atoms with Crippen LogP contribution in [0.25, 0.3) is 22.2 Å².